The Hall–Kier alpha value is -1.02. The monoisotopic (exact) mass is 289 g/mol. The predicted molar refractivity (Wildman–Crippen MR) is 90.2 cm³/mol. The minimum absolute atomic E-state index is 0.583. The van der Waals surface area contributed by atoms with E-state index in [1.807, 2.05) is 0 Å². The van der Waals surface area contributed by atoms with Crippen LogP contribution in [-0.4, -0.2) is 31.1 Å². The Balaban J connectivity index is 1.72. The van der Waals surface area contributed by atoms with Crippen LogP contribution in [-0.2, 0) is 0 Å². The highest BCUT2D eigenvalue weighted by molar-refractivity contribution is 5.36. The summed E-state index contributed by atoms with van der Waals surface area (Å²) in [6.07, 6.45) is 3.88. The number of hydrogen-bond donors (Lipinski definition) is 0. The molecule has 1 saturated heterocycles. The second kappa shape index (κ2) is 7.84. The van der Waals surface area contributed by atoms with Crippen molar-refractivity contribution in [3.63, 3.8) is 0 Å². The van der Waals surface area contributed by atoms with Gasteiger partial charge in [-0.3, -0.25) is 0 Å². The van der Waals surface area contributed by atoms with Gasteiger partial charge in [0.25, 0.3) is 0 Å². The summed E-state index contributed by atoms with van der Waals surface area (Å²) in [5.74, 6) is 2.47. The molecule has 1 aromatic carbocycles. The Morgan fingerprint density at radius 2 is 2.14 bits per heavy atom. The normalized spacial score (nSPS) is 20.0. The van der Waals surface area contributed by atoms with Crippen LogP contribution in [0.1, 0.15) is 57.1 Å². The molecular formula is C19H31NO. The molecule has 0 aliphatic carbocycles. The first-order valence-electron chi connectivity index (χ1n) is 8.52. The van der Waals surface area contributed by atoms with Crippen molar-refractivity contribution < 1.29 is 4.74 Å². The van der Waals surface area contributed by atoms with E-state index in [4.69, 9.17) is 4.74 Å². The van der Waals surface area contributed by atoms with Gasteiger partial charge >= 0.3 is 0 Å². The lowest BCUT2D eigenvalue weighted by Crippen LogP contribution is -2.35. The molecule has 0 N–H and O–H groups in total. The lowest BCUT2D eigenvalue weighted by atomic mass is 9.98. The number of hydrogen-bond acceptors (Lipinski definition) is 2. The van der Waals surface area contributed by atoms with Gasteiger partial charge in [-0.05, 0) is 67.8 Å². The molecule has 1 heterocycles. The Labute approximate surface area is 130 Å². The van der Waals surface area contributed by atoms with Gasteiger partial charge in [0.1, 0.15) is 5.75 Å². The van der Waals surface area contributed by atoms with Gasteiger partial charge in [-0.15, -0.1) is 0 Å². The molecule has 2 rings (SSSR count). The Bertz CT molecular complexity index is 441. The van der Waals surface area contributed by atoms with Crippen molar-refractivity contribution >= 4 is 0 Å². The van der Waals surface area contributed by atoms with Crippen molar-refractivity contribution in [2.75, 3.05) is 26.2 Å². The third-order valence-electron chi connectivity index (χ3n) is 4.49. The lowest BCUT2D eigenvalue weighted by molar-refractivity contribution is 0.170. The number of piperidine rings is 1. The molecule has 0 unspecified atom stereocenters. The van der Waals surface area contributed by atoms with Crippen LogP contribution in [0.2, 0.25) is 0 Å². The molecule has 0 saturated carbocycles. The highest BCUT2D eigenvalue weighted by Gasteiger charge is 2.15. The van der Waals surface area contributed by atoms with Gasteiger partial charge in [-0.25, -0.2) is 0 Å². The van der Waals surface area contributed by atoms with Crippen molar-refractivity contribution in [3.8, 4) is 5.75 Å². The van der Waals surface area contributed by atoms with E-state index in [0.29, 0.717) is 5.92 Å². The minimum Gasteiger partial charge on any atom is -0.494 e. The molecule has 0 spiro atoms. The Kier molecular flexibility index (Phi) is 6.10. The number of benzene rings is 1. The summed E-state index contributed by atoms with van der Waals surface area (Å²) in [7, 11) is 0. The zero-order chi connectivity index (χ0) is 15.2. The fourth-order valence-electron chi connectivity index (χ4n) is 3.35. The Morgan fingerprint density at radius 3 is 2.81 bits per heavy atom. The number of aryl methyl sites for hydroxylation is 1. The zero-order valence-corrected chi connectivity index (χ0v) is 14.2. The van der Waals surface area contributed by atoms with Crippen molar-refractivity contribution in [1.29, 1.82) is 0 Å². The summed E-state index contributed by atoms with van der Waals surface area (Å²) >= 11 is 0. The van der Waals surface area contributed by atoms with Crippen LogP contribution >= 0.6 is 0 Å². The summed E-state index contributed by atoms with van der Waals surface area (Å²) in [5.41, 5.74) is 2.76. The first-order valence-corrected chi connectivity index (χ1v) is 8.52. The molecule has 1 fully saturated rings. The maximum atomic E-state index is 5.91. The van der Waals surface area contributed by atoms with Crippen LogP contribution in [0.15, 0.2) is 18.2 Å². The highest BCUT2D eigenvalue weighted by atomic mass is 16.5. The maximum Gasteiger partial charge on any atom is 0.119 e. The maximum absolute atomic E-state index is 5.91. The van der Waals surface area contributed by atoms with Gasteiger partial charge in [0.2, 0.25) is 0 Å². The fraction of sp³-hybridized carbons (Fsp3) is 0.684. The van der Waals surface area contributed by atoms with Crippen LogP contribution in [0.25, 0.3) is 0 Å². The highest BCUT2D eigenvalue weighted by Crippen LogP contribution is 2.23. The summed E-state index contributed by atoms with van der Waals surface area (Å²) in [5, 5.41) is 0. The molecule has 0 amide bonds. The van der Waals surface area contributed by atoms with Gasteiger partial charge < -0.3 is 9.64 Å². The van der Waals surface area contributed by atoms with Crippen LogP contribution in [0, 0.1) is 12.8 Å². The quantitative estimate of drug-likeness (QED) is 0.709. The number of likely N-dealkylation sites (tertiary alicyclic amines) is 1. The summed E-state index contributed by atoms with van der Waals surface area (Å²) in [6.45, 7) is 13.6. The van der Waals surface area contributed by atoms with Crippen LogP contribution in [0.5, 0.6) is 5.75 Å². The zero-order valence-electron chi connectivity index (χ0n) is 14.2. The minimum atomic E-state index is 0.583. The number of nitrogens with zero attached hydrogens (tertiary/aromatic N) is 1. The van der Waals surface area contributed by atoms with Gasteiger partial charge in [0.15, 0.2) is 0 Å². The first-order chi connectivity index (χ1) is 10.1. The molecule has 0 radical (unpaired) electrons. The molecule has 1 aromatic rings. The van der Waals surface area contributed by atoms with E-state index < -0.39 is 0 Å². The van der Waals surface area contributed by atoms with Crippen molar-refractivity contribution in [2.45, 2.75) is 52.9 Å². The van der Waals surface area contributed by atoms with E-state index in [0.717, 1.165) is 24.7 Å². The number of rotatable bonds is 6. The van der Waals surface area contributed by atoms with Crippen LogP contribution < -0.4 is 4.74 Å². The second-order valence-corrected chi connectivity index (χ2v) is 6.92. The van der Waals surface area contributed by atoms with E-state index in [1.165, 1.54) is 43.6 Å². The third-order valence-corrected chi connectivity index (χ3v) is 4.49. The smallest absolute Gasteiger partial charge is 0.119 e. The average Bonchev–Trinajstić information content (AvgIpc) is 2.43. The molecule has 1 atom stereocenters. The summed E-state index contributed by atoms with van der Waals surface area (Å²) in [6, 6.07) is 6.51. The van der Waals surface area contributed by atoms with E-state index >= 15 is 0 Å². The molecule has 2 nitrogen and oxygen atoms in total. The molecule has 2 heteroatoms. The standard InChI is InChI=1S/C19H31NO/c1-15(2)19-9-8-18(13-17(19)4)21-12-6-11-20-10-5-7-16(3)14-20/h8-9,13,15-16H,5-7,10-12,14H2,1-4H3/t16-/m1/s1. The molecular weight excluding hydrogens is 258 g/mol. The van der Waals surface area contributed by atoms with Gasteiger partial charge in [0.05, 0.1) is 6.61 Å². The van der Waals surface area contributed by atoms with Gasteiger partial charge in [-0.1, -0.05) is 26.8 Å². The molecule has 1 aliphatic heterocycles. The van der Waals surface area contributed by atoms with Crippen molar-refractivity contribution in [1.82, 2.24) is 4.90 Å². The van der Waals surface area contributed by atoms with Crippen LogP contribution in [0.3, 0.4) is 0 Å². The molecule has 0 bridgehead atoms. The molecule has 21 heavy (non-hydrogen) atoms. The fourth-order valence-corrected chi connectivity index (χ4v) is 3.35. The topological polar surface area (TPSA) is 12.5 Å². The van der Waals surface area contributed by atoms with E-state index in [9.17, 15) is 0 Å². The lowest BCUT2D eigenvalue weighted by Gasteiger charge is -2.30. The number of ether oxygens (including phenoxy) is 1. The van der Waals surface area contributed by atoms with Gasteiger partial charge in [-0.2, -0.15) is 0 Å². The average molecular weight is 289 g/mol. The Morgan fingerprint density at radius 1 is 1.33 bits per heavy atom. The molecule has 1 aliphatic rings. The van der Waals surface area contributed by atoms with Crippen molar-refractivity contribution in [2.24, 2.45) is 5.92 Å². The molecule has 118 valence electrons. The third kappa shape index (κ3) is 5.03. The first kappa shape index (κ1) is 16.4. The summed E-state index contributed by atoms with van der Waals surface area (Å²) < 4.78 is 5.91. The second-order valence-electron chi connectivity index (χ2n) is 6.92. The largest absolute Gasteiger partial charge is 0.494 e. The SMILES string of the molecule is Cc1cc(OCCCN2CCC[C@@H](C)C2)ccc1C(C)C. The summed E-state index contributed by atoms with van der Waals surface area (Å²) in [4.78, 5) is 2.59. The molecule has 0 aromatic heterocycles. The van der Waals surface area contributed by atoms with Crippen LogP contribution in [0.4, 0.5) is 0 Å². The van der Waals surface area contributed by atoms with E-state index in [-0.39, 0.29) is 0 Å². The van der Waals surface area contributed by atoms with Gasteiger partial charge in [0, 0.05) is 13.1 Å². The van der Waals surface area contributed by atoms with E-state index in [2.05, 4.69) is 50.8 Å². The predicted octanol–water partition coefficient (Wildman–Crippen LogP) is 4.62. The van der Waals surface area contributed by atoms with E-state index in [1.54, 1.807) is 0 Å². The van der Waals surface area contributed by atoms with Crippen molar-refractivity contribution in [3.05, 3.63) is 29.3 Å².